The summed E-state index contributed by atoms with van der Waals surface area (Å²) in [6.07, 6.45) is 1.47. The van der Waals surface area contributed by atoms with Crippen LogP contribution in [-0.4, -0.2) is 41.4 Å². The molecular weight excluding hydrogens is 346 g/mol. The highest BCUT2D eigenvalue weighted by Gasteiger charge is 2.17. The highest BCUT2D eigenvalue weighted by molar-refractivity contribution is 5.94. The van der Waals surface area contributed by atoms with Gasteiger partial charge in [0.2, 0.25) is 6.35 Å². The van der Waals surface area contributed by atoms with Gasteiger partial charge in [0.25, 0.3) is 5.91 Å². The molecule has 142 valence electrons. The predicted octanol–water partition coefficient (Wildman–Crippen LogP) is -0.920. The topological polar surface area (TPSA) is 143 Å². The van der Waals surface area contributed by atoms with Crippen LogP contribution in [0.15, 0.2) is 35.3 Å². The van der Waals surface area contributed by atoms with Crippen LogP contribution in [0.25, 0.3) is 6.20 Å². The molecular formula is C18H23N7O2. The van der Waals surface area contributed by atoms with Crippen LogP contribution >= 0.6 is 0 Å². The third kappa shape index (κ3) is 4.45. The number of aliphatic hydroxyl groups excluding tert-OH is 1. The van der Waals surface area contributed by atoms with E-state index in [-0.39, 0.29) is 11.9 Å². The lowest BCUT2D eigenvalue weighted by molar-refractivity contribution is 0.0953. The summed E-state index contributed by atoms with van der Waals surface area (Å²) in [6, 6.07) is 8.91. The van der Waals surface area contributed by atoms with Crippen molar-refractivity contribution in [2.75, 3.05) is 18.0 Å². The molecule has 2 aromatic rings. The van der Waals surface area contributed by atoms with Crippen molar-refractivity contribution in [3.63, 3.8) is 0 Å². The average molecular weight is 369 g/mol. The second kappa shape index (κ2) is 7.92. The SMILES string of the molecule is Cc1cc2c([nH]1)=NC(O)N(c1ccc(C(=O)NCCCNC(=N)N)cc1)C=2. The van der Waals surface area contributed by atoms with Gasteiger partial charge in [-0.15, -0.1) is 0 Å². The van der Waals surface area contributed by atoms with Gasteiger partial charge in [-0.2, -0.15) is 0 Å². The van der Waals surface area contributed by atoms with Gasteiger partial charge in [-0.1, -0.05) is 0 Å². The minimum atomic E-state index is -1.02. The number of carbonyl (C=O) groups is 1. The van der Waals surface area contributed by atoms with E-state index in [9.17, 15) is 9.90 Å². The van der Waals surface area contributed by atoms with E-state index in [4.69, 9.17) is 11.1 Å². The number of amides is 1. The quantitative estimate of drug-likeness (QED) is 0.222. The molecule has 0 saturated heterocycles. The molecule has 1 atom stereocenters. The van der Waals surface area contributed by atoms with E-state index in [0.717, 1.165) is 16.6 Å². The number of rotatable bonds is 6. The molecule has 1 aliphatic heterocycles. The van der Waals surface area contributed by atoms with Crippen LogP contribution in [0.3, 0.4) is 0 Å². The van der Waals surface area contributed by atoms with E-state index in [1.807, 2.05) is 19.2 Å². The van der Waals surface area contributed by atoms with E-state index in [0.29, 0.717) is 30.6 Å². The molecule has 1 aromatic carbocycles. The Bertz CT molecular complexity index is 949. The molecule has 2 heterocycles. The number of hydrogen-bond acceptors (Lipinski definition) is 5. The summed E-state index contributed by atoms with van der Waals surface area (Å²) >= 11 is 0. The number of fused-ring (bicyclic) bond motifs is 1. The molecule has 1 aromatic heterocycles. The molecule has 9 nitrogen and oxygen atoms in total. The van der Waals surface area contributed by atoms with Crippen molar-refractivity contribution >= 4 is 23.8 Å². The van der Waals surface area contributed by atoms with Gasteiger partial charge in [0.1, 0.15) is 5.49 Å². The van der Waals surface area contributed by atoms with Crippen LogP contribution in [0, 0.1) is 12.3 Å². The lowest BCUT2D eigenvalue weighted by Gasteiger charge is -2.25. The van der Waals surface area contributed by atoms with Crippen molar-refractivity contribution in [1.29, 1.82) is 5.41 Å². The average Bonchev–Trinajstić information content (AvgIpc) is 2.99. The van der Waals surface area contributed by atoms with Crippen molar-refractivity contribution in [3.8, 4) is 0 Å². The minimum absolute atomic E-state index is 0.0812. The van der Waals surface area contributed by atoms with Crippen LogP contribution in [0.5, 0.6) is 0 Å². The molecule has 27 heavy (non-hydrogen) atoms. The molecule has 0 spiro atoms. The number of aromatic amines is 1. The number of nitrogens with zero attached hydrogens (tertiary/aromatic N) is 2. The zero-order chi connectivity index (χ0) is 19.4. The number of H-pyrrole nitrogens is 1. The molecule has 0 bridgehead atoms. The zero-order valence-corrected chi connectivity index (χ0v) is 15.0. The molecule has 3 rings (SSSR count). The summed E-state index contributed by atoms with van der Waals surface area (Å²) in [5, 5.41) is 23.7. The number of nitrogens with two attached hydrogens (primary N) is 1. The van der Waals surface area contributed by atoms with Crippen molar-refractivity contribution < 1.29 is 9.90 Å². The highest BCUT2D eigenvalue weighted by Crippen LogP contribution is 2.19. The first-order chi connectivity index (χ1) is 12.9. The van der Waals surface area contributed by atoms with Crippen LogP contribution in [0.4, 0.5) is 5.69 Å². The number of nitrogens with one attached hydrogen (secondary N) is 4. The van der Waals surface area contributed by atoms with Gasteiger partial charge >= 0.3 is 0 Å². The van der Waals surface area contributed by atoms with Crippen molar-refractivity contribution in [2.45, 2.75) is 19.7 Å². The standard InChI is InChI=1S/C18H23N7O2/c1-11-9-13-10-25(18(27)24-15(13)23-11)14-5-3-12(4-6-14)16(26)21-7-2-8-22-17(19)20/h3-6,9-10,18,27H,2,7-8H2,1H3,(H,21,26)(H,23,24)(H4,19,20,22). The Kier molecular flexibility index (Phi) is 5.41. The number of carbonyl (C=O) groups excluding carboxylic acids is 1. The molecule has 9 heteroatoms. The Morgan fingerprint density at radius 1 is 1.33 bits per heavy atom. The number of hydrogen-bond donors (Lipinski definition) is 6. The van der Waals surface area contributed by atoms with E-state index in [1.165, 1.54) is 0 Å². The van der Waals surface area contributed by atoms with Gasteiger partial charge in [0, 0.05) is 41.5 Å². The molecule has 0 aliphatic carbocycles. The van der Waals surface area contributed by atoms with Gasteiger partial charge in [-0.25, -0.2) is 4.99 Å². The summed E-state index contributed by atoms with van der Waals surface area (Å²) < 4.78 is 0. The van der Waals surface area contributed by atoms with E-state index in [1.54, 1.807) is 29.2 Å². The predicted molar refractivity (Wildman–Crippen MR) is 103 cm³/mol. The maximum atomic E-state index is 12.2. The normalized spacial score (nSPS) is 15.3. The Morgan fingerprint density at radius 3 is 2.74 bits per heavy atom. The molecule has 0 radical (unpaired) electrons. The summed E-state index contributed by atoms with van der Waals surface area (Å²) in [6.45, 7) is 2.94. The van der Waals surface area contributed by atoms with Gasteiger partial charge in [0.05, 0.1) is 0 Å². The number of aryl methyl sites for hydroxylation is 1. The summed E-state index contributed by atoms with van der Waals surface area (Å²) in [5.41, 5.74) is 8.08. The Balaban J connectivity index is 1.62. The fourth-order valence-corrected chi connectivity index (χ4v) is 2.80. The van der Waals surface area contributed by atoms with E-state index >= 15 is 0 Å². The zero-order valence-electron chi connectivity index (χ0n) is 15.0. The first kappa shape index (κ1) is 18.5. The van der Waals surface area contributed by atoms with E-state index in [2.05, 4.69) is 20.6 Å². The van der Waals surface area contributed by atoms with Crippen molar-refractivity contribution in [3.05, 3.63) is 52.3 Å². The summed E-state index contributed by atoms with van der Waals surface area (Å²) in [4.78, 5) is 21.1. The molecule has 1 unspecified atom stereocenters. The molecule has 0 saturated carbocycles. The van der Waals surface area contributed by atoms with Crippen molar-refractivity contribution in [2.24, 2.45) is 10.7 Å². The molecule has 1 aliphatic rings. The number of benzene rings is 1. The third-order valence-electron chi connectivity index (χ3n) is 4.11. The van der Waals surface area contributed by atoms with Crippen LogP contribution in [0.1, 0.15) is 22.5 Å². The maximum Gasteiger partial charge on any atom is 0.251 e. The first-order valence-electron chi connectivity index (χ1n) is 8.62. The number of aliphatic hydroxyl groups is 1. The molecule has 0 fully saturated rings. The lowest BCUT2D eigenvalue weighted by Crippen LogP contribution is -2.41. The lowest BCUT2D eigenvalue weighted by atomic mass is 10.2. The van der Waals surface area contributed by atoms with E-state index < -0.39 is 6.35 Å². The van der Waals surface area contributed by atoms with Gasteiger partial charge in [-0.3, -0.25) is 10.2 Å². The number of anilines is 1. The largest absolute Gasteiger partial charge is 0.370 e. The van der Waals surface area contributed by atoms with Crippen molar-refractivity contribution in [1.82, 2.24) is 15.6 Å². The molecule has 1 amide bonds. The fourth-order valence-electron chi connectivity index (χ4n) is 2.80. The van der Waals surface area contributed by atoms with Gasteiger partial charge in [0.15, 0.2) is 5.96 Å². The Morgan fingerprint density at radius 2 is 2.04 bits per heavy atom. The first-order valence-corrected chi connectivity index (χ1v) is 8.62. The summed E-state index contributed by atoms with van der Waals surface area (Å²) in [5.74, 6) is -0.261. The maximum absolute atomic E-state index is 12.2. The van der Waals surface area contributed by atoms with Gasteiger partial charge in [-0.05, 0) is 43.7 Å². The second-order valence-corrected chi connectivity index (χ2v) is 6.26. The number of guanidine groups is 1. The monoisotopic (exact) mass is 369 g/mol. The smallest absolute Gasteiger partial charge is 0.251 e. The number of aromatic nitrogens is 1. The second-order valence-electron chi connectivity index (χ2n) is 6.26. The molecule has 7 N–H and O–H groups in total. The highest BCUT2D eigenvalue weighted by atomic mass is 16.3. The fraction of sp³-hybridized carbons (Fsp3) is 0.278. The minimum Gasteiger partial charge on any atom is -0.370 e. The van der Waals surface area contributed by atoms with Crippen LogP contribution < -0.4 is 32.0 Å². The Hall–Kier alpha value is -3.33. The Labute approximate surface area is 156 Å². The summed E-state index contributed by atoms with van der Waals surface area (Å²) in [7, 11) is 0. The van der Waals surface area contributed by atoms with Gasteiger partial charge < -0.3 is 31.4 Å². The van der Waals surface area contributed by atoms with Crippen LogP contribution in [0.2, 0.25) is 0 Å². The third-order valence-corrected chi connectivity index (χ3v) is 4.11. The van der Waals surface area contributed by atoms with Crippen LogP contribution in [-0.2, 0) is 0 Å².